The number of carbonyl (C=O) groups excluding carboxylic acids is 2. The second-order valence-corrected chi connectivity index (χ2v) is 6.94. The topological polar surface area (TPSA) is 92.3 Å². The zero-order valence-electron chi connectivity index (χ0n) is 12.2. The van der Waals surface area contributed by atoms with E-state index >= 15 is 0 Å². The molecule has 0 bridgehead atoms. The van der Waals surface area contributed by atoms with Gasteiger partial charge in [-0.1, -0.05) is 19.1 Å². The fraction of sp³-hybridized carbons (Fsp3) is 0.429. The van der Waals surface area contributed by atoms with Crippen molar-refractivity contribution >= 4 is 21.7 Å². The molecule has 0 fully saturated rings. The molecule has 0 saturated heterocycles. The monoisotopic (exact) mass is 312 g/mol. The number of sulfone groups is 1. The lowest BCUT2D eigenvalue weighted by Crippen LogP contribution is -2.37. The molecule has 0 radical (unpaired) electrons. The Balaban J connectivity index is 2.53. The van der Waals surface area contributed by atoms with Crippen molar-refractivity contribution in [2.24, 2.45) is 0 Å². The van der Waals surface area contributed by atoms with E-state index in [0.717, 1.165) is 12.7 Å². The first kappa shape index (κ1) is 17.2. The molecule has 7 heteroatoms. The van der Waals surface area contributed by atoms with Gasteiger partial charge >= 0.3 is 0 Å². The zero-order chi connectivity index (χ0) is 15.9. The van der Waals surface area contributed by atoms with Crippen LogP contribution in [0.4, 0.5) is 0 Å². The number of nitrogens with one attached hydrogen (secondary N) is 2. The average Bonchev–Trinajstić information content (AvgIpc) is 2.41. The van der Waals surface area contributed by atoms with E-state index in [-0.39, 0.29) is 24.1 Å². The van der Waals surface area contributed by atoms with Crippen LogP contribution in [-0.2, 0) is 20.4 Å². The zero-order valence-corrected chi connectivity index (χ0v) is 13.0. The number of hydrogen-bond donors (Lipinski definition) is 2. The molecule has 0 saturated carbocycles. The standard InChI is InChI=1S/C14H20N2O4S/c1-3-8-15-13(17)9-16-14(18)12-6-4-11(5-7-12)10-21(2,19)20/h4-7H,3,8-10H2,1-2H3,(H,15,17)(H,16,18). The van der Waals surface area contributed by atoms with Gasteiger partial charge in [-0.3, -0.25) is 9.59 Å². The minimum absolute atomic E-state index is 0.0612. The Morgan fingerprint density at radius 3 is 2.24 bits per heavy atom. The lowest BCUT2D eigenvalue weighted by molar-refractivity contribution is -0.120. The van der Waals surface area contributed by atoms with Crippen LogP contribution in [0.15, 0.2) is 24.3 Å². The van der Waals surface area contributed by atoms with Crippen LogP contribution in [0.5, 0.6) is 0 Å². The highest BCUT2D eigenvalue weighted by Gasteiger charge is 2.09. The van der Waals surface area contributed by atoms with E-state index in [1.165, 1.54) is 0 Å². The minimum atomic E-state index is -3.09. The predicted molar refractivity (Wildman–Crippen MR) is 80.6 cm³/mol. The van der Waals surface area contributed by atoms with E-state index in [1.54, 1.807) is 24.3 Å². The van der Waals surface area contributed by atoms with Crippen molar-refractivity contribution in [2.45, 2.75) is 19.1 Å². The summed E-state index contributed by atoms with van der Waals surface area (Å²) in [5.41, 5.74) is 1.00. The summed E-state index contributed by atoms with van der Waals surface area (Å²) in [6.45, 7) is 2.44. The summed E-state index contributed by atoms with van der Waals surface area (Å²) in [5.74, 6) is -0.666. The van der Waals surface area contributed by atoms with Gasteiger partial charge in [0.2, 0.25) is 5.91 Å². The summed E-state index contributed by atoms with van der Waals surface area (Å²) in [6.07, 6.45) is 1.99. The van der Waals surface area contributed by atoms with Gasteiger partial charge in [0.15, 0.2) is 9.84 Å². The molecule has 0 unspecified atom stereocenters. The Labute approximate surface area is 124 Å². The molecular weight excluding hydrogens is 292 g/mol. The summed E-state index contributed by atoms with van der Waals surface area (Å²) < 4.78 is 22.3. The summed E-state index contributed by atoms with van der Waals surface area (Å²) in [5, 5.41) is 5.16. The highest BCUT2D eigenvalue weighted by atomic mass is 32.2. The largest absolute Gasteiger partial charge is 0.355 e. The lowest BCUT2D eigenvalue weighted by atomic mass is 10.1. The van der Waals surface area contributed by atoms with Gasteiger partial charge in [0.05, 0.1) is 12.3 Å². The molecule has 2 N–H and O–H groups in total. The summed E-state index contributed by atoms with van der Waals surface area (Å²) in [4.78, 5) is 23.2. The molecule has 1 rings (SSSR count). The number of hydrogen-bond acceptors (Lipinski definition) is 4. The van der Waals surface area contributed by atoms with Gasteiger partial charge in [-0.25, -0.2) is 8.42 Å². The molecule has 0 atom stereocenters. The van der Waals surface area contributed by atoms with Gasteiger partial charge in [0.1, 0.15) is 0 Å². The van der Waals surface area contributed by atoms with Crippen LogP contribution >= 0.6 is 0 Å². The molecule has 0 heterocycles. The van der Waals surface area contributed by atoms with E-state index in [1.807, 2.05) is 6.92 Å². The van der Waals surface area contributed by atoms with Crippen LogP contribution in [0.2, 0.25) is 0 Å². The van der Waals surface area contributed by atoms with E-state index in [4.69, 9.17) is 0 Å². The normalized spacial score (nSPS) is 11.0. The third kappa shape index (κ3) is 6.89. The average molecular weight is 312 g/mol. The Bertz CT molecular complexity index is 594. The van der Waals surface area contributed by atoms with Gasteiger partial charge in [-0.05, 0) is 24.1 Å². The number of carbonyl (C=O) groups is 2. The Morgan fingerprint density at radius 1 is 1.10 bits per heavy atom. The number of rotatable bonds is 7. The van der Waals surface area contributed by atoms with Crippen LogP contribution < -0.4 is 10.6 Å². The third-order valence-corrected chi connectivity index (χ3v) is 3.48. The number of amides is 2. The molecule has 0 aromatic heterocycles. The maximum absolute atomic E-state index is 11.8. The van der Waals surface area contributed by atoms with Crippen LogP contribution in [-0.4, -0.2) is 39.6 Å². The van der Waals surface area contributed by atoms with Crippen molar-refractivity contribution in [1.29, 1.82) is 0 Å². The van der Waals surface area contributed by atoms with E-state index in [9.17, 15) is 18.0 Å². The van der Waals surface area contributed by atoms with Crippen molar-refractivity contribution in [3.05, 3.63) is 35.4 Å². The number of benzene rings is 1. The molecular formula is C14H20N2O4S. The van der Waals surface area contributed by atoms with Crippen LogP contribution in [0.1, 0.15) is 29.3 Å². The van der Waals surface area contributed by atoms with Gasteiger partial charge in [-0.15, -0.1) is 0 Å². The second-order valence-electron chi connectivity index (χ2n) is 4.80. The van der Waals surface area contributed by atoms with Gasteiger partial charge in [-0.2, -0.15) is 0 Å². The maximum Gasteiger partial charge on any atom is 0.251 e. The fourth-order valence-corrected chi connectivity index (χ4v) is 2.44. The highest BCUT2D eigenvalue weighted by molar-refractivity contribution is 7.89. The summed E-state index contributed by atoms with van der Waals surface area (Å²) in [6, 6.07) is 6.26. The first-order valence-electron chi connectivity index (χ1n) is 6.63. The Hall–Kier alpha value is -1.89. The lowest BCUT2D eigenvalue weighted by Gasteiger charge is -2.06. The van der Waals surface area contributed by atoms with Crippen molar-refractivity contribution in [3.63, 3.8) is 0 Å². The molecule has 1 aromatic carbocycles. The predicted octanol–water partition coefficient (Wildman–Crippen LogP) is 0.487. The highest BCUT2D eigenvalue weighted by Crippen LogP contribution is 2.07. The smallest absolute Gasteiger partial charge is 0.251 e. The Kier molecular flexibility index (Phi) is 6.36. The SMILES string of the molecule is CCCNC(=O)CNC(=O)c1ccc(CS(C)(=O)=O)cc1. The van der Waals surface area contributed by atoms with Gasteiger partial charge in [0, 0.05) is 18.4 Å². The quantitative estimate of drug-likeness (QED) is 0.766. The second kappa shape index (κ2) is 7.78. The van der Waals surface area contributed by atoms with Crippen molar-refractivity contribution in [3.8, 4) is 0 Å². The van der Waals surface area contributed by atoms with Gasteiger partial charge < -0.3 is 10.6 Å². The first-order chi connectivity index (χ1) is 9.81. The van der Waals surface area contributed by atoms with Crippen molar-refractivity contribution in [2.75, 3.05) is 19.3 Å². The summed E-state index contributed by atoms with van der Waals surface area (Å²) in [7, 11) is -3.09. The molecule has 2 amide bonds. The fourth-order valence-electron chi connectivity index (χ4n) is 1.64. The van der Waals surface area contributed by atoms with E-state index in [0.29, 0.717) is 17.7 Å². The summed E-state index contributed by atoms with van der Waals surface area (Å²) >= 11 is 0. The molecule has 0 aliphatic rings. The minimum Gasteiger partial charge on any atom is -0.355 e. The van der Waals surface area contributed by atoms with E-state index in [2.05, 4.69) is 10.6 Å². The maximum atomic E-state index is 11.8. The van der Waals surface area contributed by atoms with Gasteiger partial charge in [0.25, 0.3) is 5.91 Å². The molecule has 1 aromatic rings. The third-order valence-electron chi connectivity index (χ3n) is 2.63. The van der Waals surface area contributed by atoms with Crippen LogP contribution in [0.25, 0.3) is 0 Å². The molecule has 21 heavy (non-hydrogen) atoms. The Morgan fingerprint density at radius 2 is 1.71 bits per heavy atom. The molecule has 0 aliphatic carbocycles. The van der Waals surface area contributed by atoms with Crippen LogP contribution in [0.3, 0.4) is 0 Å². The molecule has 6 nitrogen and oxygen atoms in total. The first-order valence-corrected chi connectivity index (χ1v) is 8.69. The van der Waals surface area contributed by atoms with Crippen molar-refractivity contribution in [1.82, 2.24) is 10.6 Å². The van der Waals surface area contributed by atoms with E-state index < -0.39 is 9.84 Å². The van der Waals surface area contributed by atoms with Crippen molar-refractivity contribution < 1.29 is 18.0 Å². The molecule has 0 spiro atoms. The molecule has 0 aliphatic heterocycles. The molecule has 116 valence electrons. The van der Waals surface area contributed by atoms with Crippen LogP contribution in [0, 0.1) is 0 Å².